The molecule has 5 nitrogen and oxygen atoms in total. The van der Waals surface area contributed by atoms with E-state index in [0.717, 1.165) is 49.4 Å². The molecule has 0 radical (unpaired) electrons. The summed E-state index contributed by atoms with van der Waals surface area (Å²) >= 11 is 12.3. The quantitative estimate of drug-likeness (QED) is 0.659. The second kappa shape index (κ2) is 9.29. The Hall–Kier alpha value is -2.21. The van der Waals surface area contributed by atoms with Crippen LogP contribution < -0.4 is 9.80 Å². The molecule has 0 aliphatic carbocycles. The van der Waals surface area contributed by atoms with Crippen molar-refractivity contribution in [3.05, 3.63) is 63.8 Å². The third-order valence-electron chi connectivity index (χ3n) is 5.67. The second-order valence-corrected chi connectivity index (χ2v) is 8.43. The molecule has 7 heteroatoms. The molecule has 0 saturated carbocycles. The molecule has 0 amide bonds. The zero-order valence-electron chi connectivity index (χ0n) is 16.9. The maximum absolute atomic E-state index is 12.1. The van der Waals surface area contributed by atoms with E-state index < -0.39 is 6.04 Å². The summed E-state index contributed by atoms with van der Waals surface area (Å²) < 4.78 is 5.95. The lowest BCUT2D eigenvalue weighted by atomic mass is 10.1. The minimum Gasteiger partial charge on any atom is -0.493 e. The Morgan fingerprint density at radius 1 is 1.00 bits per heavy atom. The molecule has 1 atom stereocenters. The first kappa shape index (κ1) is 21.0. The van der Waals surface area contributed by atoms with Gasteiger partial charge < -0.3 is 24.2 Å². The number of para-hydroxylation sites is 1. The zero-order valence-corrected chi connectivity index (χ0v) is 18.4. The lowest BCUT2D eigenvalue weighted by molar-refractivity contribution is -0.109. The standard InChI is InChI=1S/C23H25Cl2N3O2/c1-26-8-10-27(11-9-26)21-5-3-2-4-17(21)14-23-22(16-29)28(12-13-30-23)18-6-7-19(24)20(25)15-18/h2-7,14-16,22H,8-13H2,1H3. The van der Waals surface area contributed by atoms with Gasteiger partial charge >= 0.3 is 0 Å². The van der Waals surface area contributed by atoms with Crippen molar-refractivity contribution >= 4 is 46.9 Å². The van der Waals surface area contributed by atoms with Crippen molar-refractivity contribution < 1.29 is 9.53 Å². The predicted molar refractivity (Wildman–Crippen MR) is 124 cm³/mol. The topological polar surface area (TPSA) is 36.0 Å². The Bertz CT molecular complexity index is 942. The van der Waals surface area contributed by atoms with Crippen molar-refractivity contribution in [3.8, 4) is 0 Å². The third-order valence-corrected chi connectivity index (χ3v) is 6.41. The summed E-state index contributed by atoms with van der Waals surface area (Å²) in [7, 11) is 2.15. The third kappa shape index (κ3) is 4.43. The molecular formula is C23H25Cl2N3O2. The Morgan fingerprint density at radius 3 is 2.50 bits per heavy atom. The van der Waals surface area contributed by atoms with Crippen molar-refractivity contribution in [1.82, 2.24) is 4.90 Å². The van der Waals surface area contributed by atoms with E-state index in [0.29, 0.717) is 29.0 Å². The summed E-state index contributed by atoms with van der Waals surface area (Å²) in [5.41, 5.74) is 3.07. The normalized spacial score (nSPS) is 21.6. The summed E-state index contributed by atoms with van der Waals surface area (Å²) in [5.74, 6) is 0.642. The van der Waals surface area contributed by atoms with Gasteiger partial charge in [-0.2, -0.15) is 0 Å². The number of carbonyl (C=O) groups excluding carboxylic acids is 1. The number of ether oxygens (including phenoxy) is 1. The van der Waals surface area contributed by atoms with E-state index in [-0.39, 0.29) is 0 Å². The molecule has 0 N–H and O–H groups in total. The number of morpholine rings is 1. The highest BCUT2D eigenvalue weighted by molar-refractivity contribution is 6.42. The molecule has 4 rings (SSSR count). The van der Waals surface area contributed by atoms with E-state index in [1.165, 1.54) is 0 Å². The van der Waals surface area contributed by atoms with Crippen molar-refractivity contribution in [1.29, 1.82) is 0 Å². The van der Waals surface area contributed by atoms with E-state index >= 15 is 0 Å². The van der Waals surface area contributed by atoms with Gasteiger partial charge in [-0.05, 0) is 37.4 Å². The van der Waals surface area contributed by atoms with Crippen LogP contribution in [-0.4, -0.2) is 63.6 Å². The van der Waals surface area contributed by atoms with Crippen LogP contribution in [0.15, 0.2) is 48.2 Å². The Kier molecular flexibility index (Phi) is 6.52. The van der Waals surface area contributed by atoms with Crippen LogP contribution in [0.4, 0.5) is 11.4 Å². The molecule has 2 aromatic carbocycles. The molecule has 158 valence electrons. The molecular weight excluding hydrogens is 421 g/mol. The molecule has 2 aromatic rings. The van der Waals surface area contributed by atoms with Gasteiger partial charge in [-0.25, -0.2) is 0 Å². The second-order valence-electron chi connectivity index (χ2n) is 7.62. The molecule has 0 spiro atoms. The van der Waals surface area contributed by atoms with Gasteiger partial charge in [-0.15, -0.1) is 0 Å². The highest BCUT2D eigenvalue weighted by atomic mass is 35.5. The summed E-state index contributed by atoms with van der Waals surface area (Å²) in [4.78, 5) is 18.8. The number of rotatable bonds is 4. The molecule has 0 aromatic heterocycles. The average Bonchev–Trinajstić information content (AvgIpc) is 2.76. The van der Waals surface area contributed by atoms with Gasteiger partial charge in [0.25, 0.3) is 0 Å². The van der Waals surface area contributed by atoms with Gasteiger partial charge in [0, 0.05) is 43.1 Å². The Morgan fingerprint density at radius 2 is 1.77 bits per heavy atom. The van der Waals surface area contributed by atoms with Crippen LogP contribution in [0.5, 0.6) is 0 Å². The number of hydrogen-bond acceptors (Lipinski definition) is 5. The number of halogens is 2. The van der Waals surface area contributed by atoms with Crippen molar-refractivity contribution in [2.75, 3.05) is 56.2 Å². The van der Waals surface area contributed by atoms with Gasteiger partial charge in [0.2, 0.25) is 0 Å². The minimum atomic E-state index is -0.517. The Balaban J connectivity index is 1.64. The van der Waals surface area contributed by atoms with Crippen LogP contribution in [0.3, 0.4) is 0 Å². The molecule has 2 fully saturated rings. The van der Waals surface area contributed by atoms with Crippen molar-refractivity contribution in [2.45, 2.75) is 6.04 Å². The lowest BCUT2D eigenvalue weighted by Gasteiger charge is -2.37. The van der Waals surface area contributed by atoms with Gasteiger partial charge in [0.05, 0.1) is 16.6 Å². The lowest BCUT2D eigenvalue weighted by Crippen LogP contribution is -2.45. The van der Waals surface area contributed by atoms with E-state index in [9.17, 15) is 4.79 Å². The number of nitrogens with zero attached hydrogens (tertiary/aromatic N) is 3. The monoisotopic (exact) mass is 445 g/mol. The first-order chi connectivity index (χ1) is 14.6. The van der Waals surface area contributed by atoms with Crippen LogP contribution >= 0.6 is 23.2 Å². The first-order valence-corrected chi connectivity index (χ1v) is 10.9. The maximum Gasteiger partial charge on any atom is 0.150 e. The van der Waals surface area contributed by atoms with Crippen LogP contribution in [0.1, 0.15) is 5.56 Å². The summed E-state index contributed by atoms with van der Waals surface area (Å²) in [6.07, 6.45) is 2.92. The Labute approximate surface area is 187 Å². The highest BCUT2D eigenvalue weighted by Crippen LogP contribution is 2.32. The molecule has 0 bridgehead atoms. The molecule has 2 saturated heterocycles. The number of benzene rings is 2. The van der Waals surface area contributed by atoms with E-state index in [1.807, 2.05) is 23.1 Å². The fraction of sp³-hybridized carbons (Fsp3) is 0.348. The summed E-state index contributed by atoms with van der Waals surface area (Å²) in [6.45, 7) is 5.10. The zero-order chi connectivity index (χ0) is 21.1. The van der Waals surface area contributed by atoms with Crippen molar-refractivity contribution in [2.24, 2.45) is 0 Å². The molecule has 2 aliphatic heterocycles. The van der Waals surface area contributed by atoms with Crippen LogP contribution in [0.25, 0.3) is 6.08 Å². The smallest absolute Gasteiger partial charge is 0.150 e. The predicted octanol–water partition coefficient (Wildman–Crippen LogP) is 4.19. The average molecular weight is 446 g/mol. The number of piperazine rings is 1. The summed E-state index contributed by atoms with van der Waals surface area (Å²) in [6, 6.07) is 13.2. The van der Waals surface area contributed by atoms with Crippen LogP contribution in [0, 0.1) is 0 Å². The van der Waals surface area contributed by atoms with Gasteiger partial charge in [0.1, 0.15) is 24.7 Å². The van der Waals surface area contributed by atoms with Gasteiger partial charge in [0.15, 0.2) is 0 Å². The van der Waals surface area contributed by atoms with E-state index in [2.05, 4.69) is 35.0 Å². The fourth-order valence-electron chi connectivity index (χ4n) is 3.96. The molecule has 2 aliphatic rings. The highest BCUT2D eigenvalue weighted by Gasteiger charge is 2.29. The summed E-state index contributed by atoms with van der Waals surface area (Å²) in [5, 5.41) is 0.962. The van der Waals surface area contributed by atoms with Crippen molar-refractivity contribution in [3.63, 3.8) is 0 Å². The number of likely N-dealkylation sites (N-methyl/N-ethyl adjacent to an activating group) is 1. The molecule has 30 heavy (non-hydrogen) atoms. The number of carbonyl (C=O) groups is 1. The first-order valence-electron chi connectivity index (χ1n) is 10.1. The van der Waals surface area contributed by atoms with Crippen LogP contribution in [-0.2, 0) is 9.53 Å². The van der Waals surface area contributed by atoms with Gasteiger partial charge in [-0.3, -0.25) is 0 Å². The minimum absolute atomic E-state index is 0.469. The largest absolute Gasteiger partial charge is 0.493 e. The number of anilines is 2. The van der Waals surface area contributed by atoms with Crippen LogP contribution in [0.2, 0.25) is 10.0 Å². The van der Waals surface area contributed by atoms with Gasteiger partial charge in [-0.1, -0.05) is 41.4 Å². The SMILES string of the molecule is CN1CCN(c2ccccc2C=C2OCCN(c3ccc(Cl)c(Cl)c3)C2C=O)CC1. The maximum atomic E-state index is 12.1. The molecule has 1 unspecified atom stereocenters. The van der Waals surface area contributed by atoms with E-state index in [4.69, 9.17) is 27.9 Å². The number of aldehydes is 1. The number of hydrogen-bond donors (Lipinski definition) is 0. The molecule has 2 heterocycles. The van der Waals surface area contributed by atoms with E-state index in [1.54, 1.807) is 12.1 Å². The fourth-order valence-corrected chi connectivity index (χ4v) is 4.25.